The van der Waals surface area contributed by atoms with Gasteiger partial charge in [0, 0.05) is 43.9 Å². The zero-order chi connectivity index (χ0) is 36.6. The van der Waals surface area contributed by atoms with Crippen molar-refractivity contribution in [2.24, 2.45) is 5.92 Å². The van der Waals surface area contributed by atoms with Crippen molar-refractivity contribution in [3.05, 3.63) is 54.4 Å². The number of fused-ring (bicyclic) bond motifs is 4. The SMILES string of the molecule is CSc1nc2ccccc2n1[C@H]1CCN(C(=O)OCCOCCc2nc(N3C[C@@H](O)C[C@H]3C(=O)OC(C)(C)C)c3oc4ccccc4c3n2)C[C@@H]1C. The first-order valence-electron chi connectivity index (χ1n) is 17.9. The number of hydrogen-bond acceptors (Lipinski definition) is 12. The number of likely N-dealkylation sites (tertiary alicyclic amines) is 1. The molecule has 7 rings (SSSR count). The average Bonchev–Trinajstić information content (AvgIpc) is 3.81. The second kappa shape index (κ2) is 14.9. The van der Waals surface area contributed by atoms with Crippen LogP contribution in [-0.2, 0) is 25.4 Å². The van der Waals surface area contributed by atoms with Gasteiger partial charge in [0.1, 0.15) is 35.2 Å². The highest BCUT2D eigenvalue weighted by molar-refractivity contribution is 7.98. The predicted molar refractivity (Wildman–Crippen MR) is 199 cm³/mol. The standard InChI is InChI=1S/C38H46N6O7S/c1-23-21-42(16-14-27(23)44-28-12-8-7-11-26(28)39-36(44)52-5)37(47)49-19-18-48-17-15-31-40-32-25-10-6-9-13-30(25)50-33(32)34(41-31)43-22-24(45)20-29(43)35(46)51-38(2,3)4/h6-13,23-24,27,29,45H,14-22H2,1-5H3/t23-,24-,27-,29-/m0/s1. The number of β-amino-alcohol motifs (C(OH)–C–C–N with tert-alkyl or cyclic N) is 1. The highest BCUT2D eigenvalue weighted by Crippen LogP contribution is 2.37. The van der Waals surface area contributed by atoms with Gasteiger partial charge in [-0.25, -0.2) is 24.5 Å². The second-order valence-corrected chi connectivity index (χ2v) is 15.3. The largest absolute Gasteiger partial charge is 0.458 e. The quantitative estimate of drug-likeness (QED) is 0.102. The number of furan rings is 1. The molecule has 0 unspecified atom stereocenters. The smallest absolute Gasteiger partial charge is 0.409 e. The van der Waals surface area contributed by atoms with E-state index in [1.165, 1.54) is 0 Å². The Bertz CT molecular complexity index is 2080. The molecule has 276 valence electrons. The number of amides is 1. The van der Waals surface area contributed by atoms with Crippen LogP contribution >= 0.6 is 11.8 Å². The number of imidazole rings is 1. The van der Waals surface area contributed by atoms with Crippen molar-refractivity contribution in [2.45, 2.75) is 75.9 Å². The number of carbonyl (C=O) groups excluding carboxylic acids is 2. The number of nitrogens with zero attached hydrogens (tertiary/aromatic N) is 6. The molecule has 14 heteroatoms. The van der Waals surface area contributed by atoms with Gasteiger partial charge in [-0.1, -0.05) is 43.0 Å². The van der Waals surface area contributed by atoms with Crippen LogP contribution in [0.1, 0.15) is 52.4 Å². The van der Waals surface area contributed by atoms with E-state index in [2.05, 4.69) is 17.6 Å². The fourth-order valence-corrected chi connectivity index (χ4v) is 7.90. The predicted octanol–water partition coefficient (Wildman–Crippen LogP) is 6.01. The molecule has 3 aromatic heterocycles. The summed E-state index contributed by atoms with van der Waals surface area (Å²) in [5.74, 6) is 0.726. The molecule has 1 N–H and O–H groups in total. The van der Waals surface area contributed by atoms with Crippen LogP contribution in [0.25, 0.3) is 33.1 Å². The number of thioether (sulfide) groups is 1. The van der Waals surface area contributed by atoms with Gasteiger partial charge in [0.25, 0.3) is 0 Å². The molecule has 2 aliphatic heterocycles. The Kier molecular flexibility index (Phi) is 10.3. The molecule has 1 amide bonds. The number of benzene rings is 2. The van der Waals surface area contributed by atoms with Crippen LogP contribution in [0, 0.1) is 5.92 Å². The Morgan fingerprint density at radius 3 is 2.60 bits per heavy atom. The summed E-state index contributed by atoms with van der Waals surface area (Å²) in [6.07, 6.45) is 2.37. The minimum atomic E-state index is -0.735. The summed E-state index contributed by atoms with van der Waals surface area (Å²) >= 11 is 1.64. The number of para-hydroxylation sites is 3. The van der Waals surface area contributed by atoms with Crippen molar-refractivity contribution in [3.63, 3.8) is 0 Å². The van der Waals surface area contributed by atoms with E-state index in [0.717, 1.165) is 28.0 Å². The number of aromatic nitrogens is 4. The number of ether oxygens (including phenoxy) is 3. The lowest BCUT2D eigenvalue weighted by Crippen LogP contribution is -2.44. The summed E-state index contributed by atoms with van der Waals surface area (Å²) in [6.45, 7) is 9.65. The molecule has 0 aliphatic carbocycles. The number of rotatable bonds is 10. The number of aliphatic hydroxyl groups excluding tert-OH is 1. The van der Waals surface area contributed by atoms with Gasteiger partial charge < -0.3 is 38.1 Å². The van der Waals surface area contributed by atoms with Gasteiger partial charge in [0.05, 0.1) is 30.4 Å². The monoisotopic (exact) mass is 730 g/mol. The lowest BCUT2D eigenvalue weighted by atomic mass is 9.93. The molecule has 2 fully saturated rings. The first-order chi connectivity index (χ1) is 25.0. The third-order valence-electron chi connectivity index (χ3n) is 9.60. The van der Waals surface area contributed by atoms with E-state index in [0.29, 0.717) is 47.8 Å². The minimum absolute atomic E-state index is 0.122. The molecule has 2 aromatic carbocycles. The number of aliphatic hydroxyl groups is 1. The third-order valence-corrected chi connectivity index (χ3v) is 10.3. The zero-order valence-electron chi connectivity index (χ0n) is 30.3. The van der Waals surface area contributed by atoms with E-state index >= 15 is 0 Å². The summed E-state index contributed by atoms with van der Waals surface area (Å²) < 4.78 is 25.7. The lowest BCUT2D eigenvalue weighted by molar-refractivity contribution is -0.156. The first kappa shape index (κ1) is 36.0. The second-order valence-electron chi connectivity index (χ2n) is 14.5. The highest BCUT2D eigenvalue weighted by Gasteiger charge is 2.41. The molecule has 4 atom stereocenters. The topological polar surface area (TPSA) is 145 Å². The van der Waals surface area contributed by atoms with Gasteiger partial charge in [0.15, 0.2) is 16.6 Å². The number of carbonyl (C=O) groups is 2. The highest BCUT2D eigenvalue weighted by atomic mass is 32.2. The van der Waals surface area contributed by atoms with Crippen molar-refractivity contribution < 1.29 is 33.3 Å². The van der Waals surface area contributed by atoms with Gasteiger partial charge in [-0.2, -0.15) is 0 Å². The Morgan fingerprint density at radius 1 is 1.02 bits per heavy atom. The van der Waals surface area contributed by atoms with E-state index < -0.39 is 23.7 Å². The zero-order valence-corrected chi connectivity index (χ0v) is 31.1. The van der Waals surface area contributed by atoms with Gasteiger partial charge >= 0.3 is 12.1 Å². The van der Waals surface area contributed by atoms with Crippen LogP contribution in [-0.4, -0.2) is 105 Å². The lowest BCUT2D eigenvalue weighted by Gasteiger charge is -2.37. The molecule has 5 heterocycles. The van der Waals surface area contributed by atoms with Gasteiger partial charge in [0.2, 0.25) is 0 Å². The number of hydrogen-bond donors (Lipinski definition) is 1. The van der Waals surface area contributed by atoms with Crippen LogP contribution in [0.5, 0.6) is 0 Å². The van der Waals surface area contributed by atoms with Crippen LogP contribution in [0.15, 0.2) is 58.1 Å². The molecule has 52 heavy (non-hydrogen) atoms. The van der Waals surface area contributed by atoms with Crippen molar-refractivity contribution in [3.8, 4) is 0 Å². The number of esters is 1. The molecular formula is C38H46N6O7S. The molecule has 5 aromatic rings. The van der Waals surface area contributed by atoms with Crippen LogP contribution in [0.2, 0.25) is 0 Å². The van der Waals surface area contributed by atoms with Gasteiger partial charge in [-0.05, 0) is 63.6 Å². The van der Waals surface area contributed by atoms with E-state index in [-0.39, 0.29) is 50.8 Å². The molecule has 0 bridgehead atoms. The van der Waals surface area contributed by atoms with E-state index in [1.807, 2.05) is 69.5 Å². The van der Waals surface area contributed by atoms with E-state index in [1.54, 1.807) is 21.6 Å². The minimum Gasteiger partial charge on any atom is -0.458 e. The maximum Gasteiger partial charge on any atom is 0.409 e. The number of piperidine rings is 1. The fraction of sp³-hybridized carbons (Fsp3) is 0.500. The van der Waals surface area contributed by atoms with E-state index in [4.69, 9.17) is 33.6 Å². The Morgan fingerprint density at radius 2 is 1.81 bits per heavy atom. The van der Waals surface area contributed by atoms with Crippen LogP contribution < -0.4 is 4.90 Å². The van der Waals surface area contributed by atoms with Crippen LogP contribution in [0.3, 0.4) is 0 Å². The van der Waals surface area contributed by atoms with Crippen molar-refractivity contribution in [1.82, 2.24) is 24.4 Å². The van der Waals surface area contributed by atoms with Crippen molar-refractivity contribution in [2.75, 3.05) is 50.6 Å². The molecule has 2 saturated heterocycles. The maximum atomic E-state index is 13.2. The molecule has 13 nitrogen and oxygen atoms in total. The Labute approximate surface area is 306 Å². The summed E-state index contributed by atoms with van der Waals surface area (Å²) in [5.41, 5.74) is 3.14. The third kappa shape index (κ3) is 7.42. The molecule has 2 aliphatic rings. The van der Waals surface area contributed by atoms with Gasteiger partial charge in [-0.3, -0.25) is 0 Å². The summed E-state index contributed by atoms with van der Waals surface area (Å²) in [7, 11) is 0. The number of anilines is 1. The average molecular weight is 731 g/mol. The van der Waals surface area contributed by atoms with Gasteiger partial charge in [-0.15, -0.1) is 0 Å². The van der Waals surface area contributed by atoms with E-state index in [9.17, 15) is 14.7 Å². The molecular weight excluding hydrogens is 685 g/mol. The molecule has 0 saturated carbocycles. The van der Waals surface area contributed by atoms with Crippen molar-refractivity contribution >= 4 is 62.7 Å². The summed E-state index contributed by atoms with van der Waals surface area (Å²) in [4.78, 5) is 44.3. The molecule has 0 spiro atoms. The fourth-order valence-electron chi connectivity index (χ4n) is 7.28. The summed E-state index contributed by atoms with van der Waals surface area (Å²) in [6, 6.07) is 15.3. The Hall–Kier alpha value is -4.40. The first-order valence-corrected chi connectivity index (χ1v) is 19.1. The summed E-state index contributed by atoms with van der Waals surface area (Å²) in [5, 5.41) is 12.5. The maximum absolute atomic E-state index is 13.2. The molecule has 0 radical (unpaired) electrons. The normalized spacial score (nSPS) is 21.0. The van der Waals surface area contributed by atoms with Crippen molar-refractivity contribution in [1.29, 1.82) is 0 Å². The Balaban J connectivity index is 0.959. The van der Waals surface area contributed by atoms with Crippen LogP contribution in [0.4, 0.5) is 10.6 Å².